The van der Waals surface area contributed by atoms with Crippen molar-refractivity contribution in [2.45, 2.75) is 57.8 Å². The molecule has 78 valence electrons. The van der Waals surface area contributed by atoms with Gasteiger partial charge >= 0.3 is 0 Å². The zero-order valence-electron chi connectivity index (χ0n) is 9.17. The molecule has 0 bridgehead atoms. The van der Waals surface area contributed by atoms with Gasteiger partial charge < -0.3 is 0 Å². The van der Waals surface area contributed by atoms with Crippen LogP contribution in [-0.2, 0) is 0 Å². The van der Waals surface area contributed by atoms with E-state index in [2.05, 4.69) is 6.08 Å². The van der Waals surface area contributed by atoms with Crippen molar-refractivity contribution in [2.75, 3.05) is 0 Å². The molecule has 0 N–H and O–H groups in total. The molecule has 0 aromatic heterocycles. The normalized spacial score (nSPS) is 42.3. The third-order valence-electron chi connectivity index (χ3n) is 4.83. The van der Waals surface area contributed by atoms with E-state index in [0.717, 1.165) is 17.8 Å². The van der Waals surface area contributed by atoms with Crippen LogP contribution in [0.4, 0.5) is 0 Å². The summed E-state index contributed by atoms with van der Waals surface area (Å²) >= 11 is 0. The molecule has 0 aliphatic heterocycles. The van der Waals surface area contributed by atoms with Crippen molar-refractivity contribution in [2.24, 2.45) is 17.8 Å². The Labute approximate surface area is 87.8 Å². The third-order valence-corrected chi connectivity index (χ3v) is 4.83. The molecule has 0 spiro atoms. The Morgan fingerprint density at radius 2 is 1.79 bits per heavy atom. The molecule has 0 aromatic rings. The summed E-state index contributed by atoms with van der Waals surface area (Å²) in [6.07, 6.45) is 16.1. The molecule has 2 fully saturated rings. The van der Waals surface area contributed by atoms with E-state index < -0.39 is 0 Å². The van der Waals surface area contributed by atoms with E-state index in [4.69, 9.17) is 0 Å². The molecule has 0 saturated heterocycles. The Kier molecular flexibility index (Phi) is 2.39. The van der Waals surface area contributed by atoms with Gasteiger partial charge in [0.15, 0.2) is 0 Å². The van der Waals surface area contributed by atoms with Crippen LogP contribution in [0.2, 0.25) is 0 Å². The highest BCUT2D eigenvalue weighted by atomic mass is 14.4. The lowest BCUT2D eigenvalue weighted by molar-refractivity contribution is 0.224. The van der Waals surface area contributed by atoms with Crippen molar-refractivity contribution >= 4 is 0 Å². The Hall–Kier alpha value is -0.260. The molecule has 3 rings (SSSR count). The molecule has 14 heavy (non-hydrogen) atoms. The van der Waals surface area contributed by atoms with Crippen molar-refractivity contribution < 1.29 is 0 Å². The van der Waals surface area contributed by atoms with Crippen LogP contribution in [0.5, 0.6) is 0 Å². The highest BCUT2D eigenvalue weighted by molar-refractivity contribution is 5.17. The van der Waals surface area contributed by atoms with Gasteiger partial charge in [-0.1, -0.05) is 30.9 Å². The molecular formula is C14H22. The van der Waals surface area contributed by atoms with Gasteiger partial charge in [0.05, 0.1) is 0 Å². The number of allylic oxidation sites excluding steroid dienone is 2. The Balaban J connectivity index is 1.83. The fourth-order valence-corrected chi connectivity index (χ4v) is 4.18. The largest absolute Gasteiger partial charge is 0.0850 e. The first-order valence-corrected chi connectivity index (χ1v) is 6.64. The molecule has 0 heteroatoms. The van der Waals surface area contributed by atoms with Gasteiger partial charge in [0.2, 0.25) is 0 Å². The third kappa shape index (κ3) is 1.43. The van der Waals surface area contributed by atoms with Crippen LogP contribution in [0.25, 0.3) is 0 Å². The smallest absolute Gasteiger partial charge is 0.0172 e. The highest BCUT2D eigenvalue weighted by Gasteiger charge is 2.40. The average molecular weight is 190 g/mol. The lowest BCUT2D eigenvalue weighted by Crippen LogP contribution is -2.19. The summed E-state index contributed by atoms with van der Waals surface area (Å²) in [6, 6.07) is 0. The molecular weight excluding hydrogens is 168 g/mol. The number of hydrogen-bond acceptors (Lipinski definition) is 0. The van der Waals surface area contributed by atoms with Gasteiger partial charge in [-0.25, -0.2) is 0 Å². The van der Waals surface area contributed by atoms with Gasteiger partial charge in [0.1, 0.15) is 0 Å². The van der Waals surface area contributed by atoms with Crippen LogP contribution in [0.1, 0.15) is 57.8 Å². The second-order valence-electron chi connectivity index (χ2n) is 5.58. The summed E-state index contributed by atoms with van der Waals surface area (Å²) in [7, 11) is 0. The minimum atomic E-state index is 1.03. The Morgan fingerprint density at radius 3 is 2.79 bits per heavy atom. The van der Waals surface area contributed by atoms with Crippen molar-refractivity contribution in [3.63, 3.8) is 0 Å². The van der Waals surface area contributed by atoms with Gasteiger partial charge in [-0.05, 0) is 56.3 Å². The zero-order chi connectivity index (χ0) is 9.38. The molecule has 0 amide bonds. The van der Waals surface area contributed by atoms with Crippen LogP contribution in [-0.4, -0.2) is 0 Å². The average Bonchev–Trinajstić information content (AvgIpc) is 2.42. The van der Waals surface area contributed by atoms with Gasteiger partial charge in [0.25, 0.3) is 0 Å². The molecule has 0 aromatic carbocycles. The second-order valence-corrected chi connectivity index (χ2v) is 5.58. The van der Waals surface area contributed by atoms with Crippen LogP contribution in [0.15, 0.2) is 11.6 Å². The SMILES string of the molecule is C1=C2CC3CCCCC3C2CCCC1. The van der Waals surface area contributed by atoms with Crippen molar-refractivity contribution in [1.29, 1.82) is 0 Å². The first kappa shape index (κ1) is 9.00. The van der Waals surface area contributed by atoms with E-state index in [1.165, 1.54) is 44.9 Å². The fourth-order valence-electron chi connectivity index (χ4n) is 4.18. The molecule has 0 heterocycles. The lowest BCUT2D eigenvalue weighted by Gasteiger charge is -2.28. The minimum absolute atomic E-state index is 1.03. The maximum atomic E-state index is 2.61. The van der Waals surface area contributed by atoms with Crippen LogP contribution in [0.3, 0.4) is 0 Å². The quantitative estimate of drug-likeness (QED) is 0.499. The van der Waals surface area contributed by atoms with E-state index in [0.29, 0.717) is 0 Å². The molecule has 3 unspecified atom stereocenters. The Morgan fingerprint density at radius 1 is 0.929 bits per heavy atom. The van der Waals surface area contributed by atoms with Crippen LogP contribution in [0, 0.1) is 17.8 Å². The number of hydrogen-bond donors (Lipinski definition) is 0. The molecule has 3 atom stereocenters. The molecule has 3 aliphatic rings. The summed E-state index contributed by atoms with van der Waals surface area (Å²) in [5.74, 6) is 3.23. The summed E-state index contributed by atoms with van der Waals surface area (Å²) in [5, 5.41) is 0. The minimum Gasteiger partial charge on any atom is -0.0850 e. The first-order valence-electron chi connectivity index (χ1n) is 6.64. The molecule has 3 aliphatic carbocycles. The van der Waals surface area contributed by atoms with Gasteiger partial charge in [0, 0.05) is 0 Å². The highest BCUT2D eigenvalue weighted by Crippen LogP contribution is 2.51. The van der Waals surface area contributed by atoms with E-state index in [1.54, 1.807) is 12.8 Å². The topological polar surface area (TPSA) is 0 Å². The zero-order valence-corrected chi connectivity index (χ0v) is 9.17. The van der Waals surface area contributed by atoms with Gasteiger partial charge in [-0.3, -0.25) is 0 Å². The van der Waals surface area contributed by atoms with E-state index in [9.17, 15) is 0 Å². The van der Waals surface area contributed by atoms with E-state index in [-0.39, 0.29) is 0 Å². The number of fused-ring (bicyclic) bond motifs is 3. The monoisotopic (exact) mass is 190 g/mol. The molecule has 0 radical (unpaired) electrons. The van der Waals surface area contributed by atoms with Crippen LogP contribution < -0.4 is 0 Å². The lowest BCUT2D eigenvalue weighted by atomic mass is 9.77. The van der Waals surface area contributed by atoms with Crippen LogP contribution >= 0.6 is 0 Å². The van der Waals surface area contributed by atoms with Crippen molar-refractivity contribution in [1.82, 2.24) is 0 Å². The fraction of sp³-hybridized carbons (Fsp3) is 0.857. The standard InChI is InChI=1S/C14H22/c1-2-6-11-10-12-7-4-5-9-14(12)13(11)8-3-1/h6,12-14H,1-5,7-10H2. The van der Waals surface area contributed by atoms with Gasteiger partial charge in [-0.2, -0.15) is 0 Å². The van der Waals surface area contributed by atoms with Gasteiger partial charge in [-0.15, -0.1) is 0 Å². The van der Waals surface area contributed by atoms with E-state index in [1.807, 2.05) is 5.57 Å². The Bertz CT molecular complexity index is 238. The second kappa shape index (κ2) is 3.72. The summed E-state index contributed by atoms with van der Waals surface area (Å²) in [5.41, 5.74) is 1.87. The maximum absolute atomic E-state index is 2.61. The maximum Gasteiger partial charge on any atom is -0.0172 e. The first-order chi connectivity index (χ1) is 6.95. The summed E-state index contributed by atoms with van der Waals surface area (Å²) in [6.45, 7) is 0. The molecule has 0 nitrogen and oxygen atoms in total. The van der Waals surface area contributed by atoms with Crippen molar-refractivity contribution in [3.8, 4) is 0 Å². The number of rotatable bonds is 0. The summed E-state index contributed by atoms with van der Waals surface area (Å²) in [4.78, 5) is 0. The van der Waals surface area contributed by atoms with Crippen molar-refractivity contribution in [3.05, 3.63) is 11.6 Å². The predicted octanol–water partition coefficient (Wildman–Crippen LogP) is 4.31. The predicted molar refractivity (Wildman–Crippen MR) is 60.1 cm³/mol. The molecule has 2 saturated carbocycles. The summed E-state index contributed by atoms with van der Waals surface area (Å²) < 4.78 is 0. The van der Waals surface area contributed by atoms with E-state index >= 15 is 0 Å².